The summed E-state index contributed by atoms with van der Waals surface area (Å²) in [5.74, 6) is -0.281. The number of nitrogens with one attached hydrogen (secondary N) is 1. The van der Waals surface area contributed by atoms with E-state index in [-0.39, 0.29) is 18.4 Å². The molecule has 7 nitrogen and oxygen atoms in total. The molecule has 0 heterocycles. The van der Waals surface area contributed by atoms with Crippen LogP contribution in [0.5, 0.6) is 0 Å². The van der Waals surface area contributed by atoms with Gasteiger partial charge in [-0.05, 0) is 33.6 Å². The van der Waals surface area contributed by atoms with Crippen molar-refractivity contribution in [3.8, 4) is 0 Å². The largest absolute Gasteiger partial charge is 0.390 e. The second-order valence-electron chi connectivity index (χ2n) is 7.10. The Morgan fingerprint density at radius 1 is 1.21 bits per heavy atom. The number of amides is 1. The smallest absolute Gasteiger partial charge is 0.282 e. The van der Waals surface area contributed by atoms with Crippen LogP contribution in [0.1, 0.15) is 54.4 Å². The standard InChI is InChI=1S/C16H35N3O4S/c1-9-12(3)15(21)17-13(4)14(20)11-18(7)24(22,23)19(8)16(5,6)10-2/h12-14,20H,9-11H2,1-8H3,(H,17,21)/t12?,13-,14?/m0/s1. The van der Waals surface area contributed by atoms with E-state index in [9.17, 15) is 18.3 Å². The lowest BCUT2D eigenvalue weighted by atomic mass is 10.0. The zero-order valence-electron chi connectivity index (χ0n) is 16.3. The molecule has 0 bridgehead atoms. The molecule has 3 atom stereocenters. The van der Waals surface area contributed by atoms with Crippen molar-refractivity contribution in [3.63, 3.8) is 0 Å². The molecular weight excluding hydrogens is 330 g/mol. The summed E-state index contributed by atoms with van der Waals surface area (Å²) in [6, 6.07) is -0.534. The van der Waals surface area contributed by atoms with Gasteiger partial charge in [-0.3, -0.25) is 4.79 Å². The highest BCUT2D eigenvalue weighted by atomic mass is 32.2. The van der Waals surface area contributed by atoms with Crippen molar-refractivity contribution in [2.45, 2.75) is 72.1 Å². The third-order valence-electron chi connectivity index (χ3n) is 4.91. The van der Waals surface area contributed by atoms with Crippen molar-refractivity contribution in [1.82, 2.24) is 13.9 Å². The molecule has 0 aromatic heterocycles. The normalized spacial score (nSPS) is 17.0. The quantitative estimate of drug-likeness (QED) is 0.609. The number of carbonyl (C=O) groups is 1. The monoisotopic (exact) mass is 365 g/mol. The molecule has 0 fully saturated rings. The molecular formula is C16H35N3O4S. The number of hydrogen-bond acceptors (Lipinski definition) is 4. The summed E-state index contributed by atoms with van der Waals surface area (Å²) in [5.41, 5.74) is -0.519. The molecule has 24 heavy (non-hydrogen) atoms. The van der Waals surface area contributed by atoms with Crippen LogP contribution >= 0.6 is 0 Å². The van der Waals surface area contributed by atoms with Gasteiger partial charge in [0, 0.05) is 32.1 Å². The second-order valence-corrected chi connectivity index (χ2v) is 9.16. The number of likely N-dealkylation sites (N-methyl/N-ethyl adjacent to an activating group) is 1. The molecule has 144 valence electrons. The molecule has 1 amide bonds. The SMILES string of the molecule is CCC(C)C(=O)N[C@@H](C)C(O)CN(C)S(=O)(=O)N(C)C(C)(C)CC. The molecule has 0 spiro atoms. The highest BCUT2D eigenvalue weighted by Gasteiger charge is 2.35. The number of hydrogen-bond donors (Lipinski definition) is 2. The van der Waals surface area contributed by atoms with Gasteiger partial charge in [-0.1, -0.05) is 20.8 Å². The van der Waals surface area contributed by atoms with E-state index in [4.69, 9.17) is 0 Å². The molecule has 8 heteroatoms. The molecule has 0 rings (SSSR count). The molecule has 0 radical (unpaired) electrons. The summed E-state index contributed by atoms with van der Waals surface area (Å²) in [6.07, 6.45) is 0.385. The van der Waals surface area contributed by atoms with Crippen molar-refractivity contribution in [1.29, 1.82) is 0 Å². The molecule has 0 aromatic carbocycles. The molecule has 2 unspecified atom stereocenters. The van der Waals surface area contributed by atoms with Crippen molar-refractivity contribution < 1.29 is 18.3 Å². The molecule has 2 N–H and O–H groups in total. The van der Waals surface area contributed by atoms with Crippen molar-refractivity contribution >= 4 is 16.1 Å². The van der Waals surface area contributed by atoms with Crippen LogP contribution in [-0.2, 0) is 15.0 Å². The fourth-order valence-corrected chi connectivity index (χ4v) is 3.42. The lowest BCUT2D eigenvalue weighted by molar-refractivity contribution is -0.126. The van der Waals surface area contributed by atoms with Gasteiger partial charge in [0.05, 0.1) is 12.1 Å². The summed E-state index contributed by atoms with van der Waals surface area (Å²) in [7, 11) is -0.721. The van der Waals surface area contributed by atoms with Crippen LogP contribution in [0.4, 0.5) is 0 Å². The molecule has 0 aliphatic carbocycles. The summed E-state index contributed by atoms with van der Waals surface area (Å²) < 4.78 is 27.7. The third-order valence-corrected chi connectivity index (χ3v) is 7.03. The van der Waals surface area contributed by atoms with Crippen molar-refractivity contribution in [3.05, 3.63) is 0 Å². The fraction of sp³-hybridized carbons (Fsp3) is 0.938. The van der Waals surface area contributed by atoms with Crippen LogP contribution < -0.4 is 5.32 Å². The maximum atomic E-state index is 12.6. The van der Waals surface area contributed by atoms with E-state index in [0.717, 1.165) is 4.31 Å². The van der Waals surface area contributed by atoms with Crippen LogP contribution in [0.15, 0.2) is 0 Å². The van der Waals surface area contributed by atoms with E-state index in [1.165, 1.54) is 18.4 Å². The van der Waals surface area contributed by atoms with Gasteiger partial charge in [0.1, 0.15) is 0 Å². The number of rotatable bonds is 10. The van der Waals surface area contributed by atoms with Gasteiger partial charge in [0.25, 0.3) is 10.2 Å². The highest BCUT2D eigenvalue weighted by molar-refractivity contribution is 7.86. The predicted octanol–water partition coefficient (Wildman–Crippen LogP) is 1.20. The van der Waals surface area contributed by atoms with Crippen LogP contribution in [-0.4, -0.2) is 66.4 Å². The number of carbonyl (C=O) groups excluding carboxylic acids is 1. The van der Waals surface area contributed by atoms with Gasteiger partial charge < -0.3 is 10.4 Å². The van der Waals surface area contributed by atoms with E-state index in [1.54, 1.807) is 6.92 Å². The van der Waals surface area contributed by atoms with E-state index in [2.05, 4.69) is 5.32 Å². The minimum atomic E-state index is -3.69. The van der Waals surface area contributed by atoms with E-state index in [0.29, 0.717) is 12.8 Å². The molecule has 0 aromatic rings. The molecule has 0 saturated heterocycles. The van der Waals surface area contributed by atoms with Gasteiger partial charge in [0.15, 0.2) is 0 Å². The van der Waals surface area contributed by atoms with Crippen molar-refractivity contribution in [2.24, 2.45) is 5.92 Å². The van der Waals surface area contributed by atoms with Crippen LogP contribution in [0.2, 0.25) is 0 Å². The van der Waals surface area contributed by atoms with Gasteiger partial charge in [-0.15, -0.1) is 0 Å². The average Bonchev–Trinajstić information content (AvgIpc) is 2.52. The minimum absolute atomic E-state index is 0.0889. The third kappa shape index (κ3) is 5.98. The van der Waals surface area contributed by atoms with Crippen LogP contribution in [0.25, 0.3) is 0 Å². The maximum absolute atomic E-state index is 12.6. The minimum Gasteiger partial charge on any atom is -0.390 e. The second kappa shape index (κ2) is 9.12. The molecule has 0 aliphatic heterocycles. The predicted molar refractivity (Wildman–Crippen MR) is 96.7 cm³/mol. The first kappa shape index (κ1) is 23.3. The first-order valence-electron chi connectivity index (χ1n) is 8.49. The van der Waals surface area contributed by atoms with E-state index >= 15 is 0 Å². The Kier molecular flexibility index (Phi) is 8.86. The zero-order chi connectivity index (χ0) is 19.3. The Morgan fingerprint density at radius 3 is 2.12 bits per heavy atom. The van der Waals surface area contributed by atoms with E-state index in [1.807, 2.05) is 34.6 Å². The van der Waals surface area contributed by atoms with Gasteiger partial charge in [-0.2, -0.15) is 17.0 Å². The summed E-state index contributed by atoms with van der Waals surface area (Å²) in [4.78, 5) is 11.9. The zero-order valence-corrected chi connectivity index (χ0v) is 17.1. The topological polar surface area (TPSA) is 90.0 Å². The first-order valence-corrected chi connectivity index (χ1v) is 9.89. The Morgan fingerprint density at radius 2 is 1.71 bits per heavy atom. The number of aliphatic hydroxyl groups is 1. The highest BCUT2D eigenvalue weighted by Crippen LogP contribution is 2.22. The Hall–Kier alpha value is -0.700. The summed E-state index contributed by atoms with van der Waals surface area (Å²) in [6.45, 7) is 10.9. The Bertz CT molecular complexity index is 507. The average molecular weight is 366 g/mol. The lowest BCUT2D eigenvalue weighted by Gasteiger charge is -2.37. The van der Waals surface area contributed by atoms with Crippen LogP contribution in [0.3, 0.4) is 0 Å². The number of nitrogens with zero attached hydrogens (tertiary/aromatic N) is 2. The Balaban J connectivity index is 4.91. The van der Waals surface area contributed by atoms with Gasteiger partial charge in [-0.25, -0.2) is 0 Å². The van der Waals surface area contributed by atoms with Gasteiger partial charge >= 0.3 is 0 Å². The lowest BCUT2D eigenvalue weighted by Crippen LogP contribution is -2.53. The summed E-state index contributed by atoms with van der Waals surface area (Å²) >= 11 is 0. The maximum Gasteiger partial charge on any atom is 0.282 e. The van der Waals surface area contributed by atoms with Gasteiger partial charge in [0.2, 0.25) is 5.91 Å². The number of aliphatic hydroxyl groups excluding tert-OH is 1. The molecule has 0 saturated carbocycles. The van der Waals surface area contributed by atoms with E-state index < -0.39 is 27.9 Å². The van der Waals surface area contributed by atoms with Crippen molar-refractivity contribution in [2.75, 3.05) is 20.6 Å². The summed E-state index contributed by atoms with van der Waals surface area (Å²) in [5, 5.41) is 13.0. The molecule has 0 aliphatic rings. The fourth-order valence-electron chi connectivity index (χ4n) is 1.91. The first-order chi connectivity index (χ1) is 10.8. The van der Waals surface area contributed by atoms with Crippen LogP contribution in [0, 0.1) is 5.92 Å². The Labute approximate surface area is 147 Å².